The number of hydrogen-bond donors (Lipinski definition) is 1. The van der Waals surface area contributed by atoms with E-state index < -0.39 is 22.0 Å². The van der Waals surface area contributed by atoms with Crippen molar-refractivity contribution in [1.82, 2.24) is 9.97 Å². The molecule has 0 aliphatic rings. The monoisotopic (exact) mass is 287 g/mol. The molecule has 8 heteroatoms. The smallest absolute Gasteiger partial charge is 0.230 e. The minimum Gasteiger partial charge on any atom is -0.369 e. The molecule has 0 aliphatic heterocycles. The van der Waals surface area contributed by atoms with Gasteiger partial charge in [0, 0.05) is 34.0 Å². The summed E-state index contributed by atoms with van der Waals surface area (Å²) in [7, 11) is -1.43. The fraction of sp³-hybridized carbons (Fsp3) is 0.222. The number of aromatic nitrogens is 2. The first-order valence-electron chi connectivity index (χ1n) is 4.62. The summed E-state index contributed by atoms with van der Waals surface area (Å²) in [5, 5.41) is 4.54. The third-order valence-corrected chi connectivity index (χ3v) is 5.42. The van der Waals surface area contributed by atoms with Crippen molar-refractivity contribution < 1.29 is 9.00 Å². The molecule has 0 saturated carbocycles. The van der Waals surface area contributed by atoms with Crippen molar-refractivity contribution in [2.75, 3.05) is 5.75 Å². The van der Waals surface area contributed by atoms with E-state index in [4.69, 9.17) is 5.73 Å². The summed E-state index contributed by atoms with van der Waals surface area (Å²) >= 11 is 2.79. The molecular weight excluding hydrogens is 278 g/mol. The third-order valence-electron chi connectivity index (χ3n) is 1.90. The highest BCUT2D eigenvalue weighted by molar-refractivity contribution is 7.86. The van der Waals surface area contributed by atoms with Crippen LogP contribution in [0.1, 0.15) is 15.3 Å². The predicted molar refractivity (Wildman–Crippen MR) is 68.3 cm³/mol. The van der Waals surface area contributed by atoms with E-state index in [0.29, 0.717) is 10.0 Å². The van der Waals surface area contributed by atoms with Gasteiger partial charge in [-0.1, -0.05) is 0 Å². The largest absolute Gasteiger partial charge is 0.369 e. The van der Waals surface area contributed by atoms with Crippen molar-refractivity contribution in [3.8, 4) is 0 Å². The lowest BCUT2D eigenvalue weighted by atomic mass is 10.4. The summed E-state index contributed by atoms with van der Waals surface area (Å²) in [6.45, 7) is 0. The zero-order chi connectivity index (χ0) is 12.3. The minimum atomic E-state index is -1.43. The number of amides is 1. The van der Waals surface area contributed by atoms with Crippen molar-refractivity contribution in [1.29, 1.82) is 0 Å². The zero-order valence-corrected chi connectivity index (χ0v) is 11.1. The van der Waals surface area contributed by atoms with E-state index in [1.165, 1.54) is 22.7 Å². The standard InChI is InChI=1S/C9H9N3O2S3/c10-6(13)5-17(14)7(8-11-1-3-15-8)9-12-2-4-16-9/h1-4,7H,5H2,(H2,10,13). The van der Waals surface area contributed by atoms with Crippen LogP contribution in [0.2, 0.25) is 0 Å². The lowest BCUT2D eigenvalue weighted by molar-refractivity contribution is -0.115. The highest BCUT2D eigenvalue weighted by Crippen LogP contribution is 2.30. The van der Waals surface area contributed by atoms with Crippen LogP contribution in [-0.4, -0.2) is 25.8 Å². The van der Waals surface area contributed by atoms with Crippen LogP contribution in [0.15, 0.2) is 23.2 Å². The fourth-order valence-corrected chi connectivity index (χ4v) is 4.59. The van der Waals surface area contributed by atoms with Crippen molar-refractivity contribution >= 4 is 39.4 Å². The second-order valence-electron chi connectivity index (χ2n) is 3.11. The third kappa shape index (κ3) is 2.96. The van der Waals surface area contributed by atoms with Crippen LogP contribution in [0.5, 0.6) is 0 Å². The number of primary amides is 1. The van der Waals surface area contributed by atoms with Gasteiger partial charge < -0.3 is 5.73 Å². The number of carbonyl (C=O) groups is 1. The van der Waals surface area contributed by atoms with Gasteiger partial charge in [-0.2, -0.15) is 0 Å². The van der Waals surface area contributed by atoms with E-state index in [1.807, 2.05) is 0 Å². The topological polar surface area (TPSA) is 85.9 Å². The van der Waals surface area contributed by atoms with E-state index in [2.05, 4.69) is 9.97 Å². The number of hydrogen-bond acceptors (Lipinski definition) is 6. The summed E-state index contributed by atoms with van der Waals surface area (Å²) in [6.07, 6.45) is 3.28. The Kier molecular flexibility index (Phi) is 3.97. The van der Waals surface area contributed by atoms with Crippen LogP contribution in [0.25, 0.3) is 0 Å². The Morgan fingerprint density at radius 2 is 1.82 bits per heavy atom. The molecule has 2 aromatic rings. The van der Waals surface area contributed by atoms with Crippen LogP contribution in [-0.2, 0) is 15.6 Å². The zero-order valence-electron chi connectivity index (χ0n) is 8.61. The van der Waals surface area contributed by atoms with Gasteiger partial charge in [0.25, 0.3) is 0 Å². The maximum Gasteiger partial charge on any atom is 0.230 e. The lowest BCUT2D eigenvalue weighted by Gasteiger charge is -2.09. The summed E-state index contributed by atoms with van der Waals surface area (Å²) in [5.74, 6) is -0.759. The molecule has 2 N–H and O–H groups in total. The molecule has 2 aromatic heterocycles. The maximum atomic E-state index is 12.1. The molecule has 17 heavy (non-hydrogen) atoms. The van der Waals surface area contributed by atoms with Crippen molar-refractivity contribution in [3.05, 3.63) is 33.2 Å². The molecule has 0 radical (unpaired) electrons. The quantitative estimate of drug-likeness (QED) is 0.886. The molecule has 2 heterocycles. The van der Waals surface area contributed by atoms with Crippen molar-refractivity contribution in [2.45, 2.75) is 5.25 Å². The Morgan fingerprint density at radius 1 is 1.29 bits per heavy atom. The van der Waals surface area contributed by atoms with Gasteiger partial charge in [0.05, 0.1) is 0 Å². The molecule has 1 atom stereocenters. The van der Waals surface area contributed by atoms with Crippen LogP contribution in [0.4, 0.5) is 0 Å². The van der Waals surface area contributed by atoms with E-state index >= 15 is 0 Å². The highest BCUT2D eigenvalue weighted by Gasteiger charge is 2.26. The molecule has 1 amide bonds. The van der Waals surface area contributed by atoms with Gasteiger partial charge in [-0.15, -0.1) is 22.7 Å². The first-order valence-corrected chi connectivity index (χ1v) is 7.77. The Morgan fingerprint density at radius 3 is 2.18 bits per heavy atom. The van der Waals surface area contributed by atoms with Gasteiger partial charge in [-0.05, 0) is 0 Å². The maximum absolute atomic E-state index is 12.1. The predicted octanol–water partition coefficient (Wildman–Crippen LogP) is 0.923. The molecule has 0 spiro atoms. The normalized spacial score (nSPS) is 12.8. The molecule has 90 valence electrons. The summed E-state index contributed by atoms with van der Waals surface area (Å²) in [5.41, 5.74) is 5.07. The molecule has 1 unspecified atom stereocenters. The van der Waals surface area contributed by atoms with Gasteiger partial charge in [-0.25, -0.2) is 9.97 Å². The van der Waals surface area contributed by atoms with Gasteiger partial charge >= 0.3 is 0 Å². The second-order valence-corrected chi connectivity index (χ2v) is 6.49. The second kappa shape index (κ2) is 5.48. The average molecular weight is 287 g/mol. The van der Waals surface area contributed by atoms with Gasteiger partial charge in [0.1, 0.15) is 21.0 Å². The molecule has 0 aliphatic carbocycles. The first-order chi connectivity index (χ1) is 8.18. The molecule has 5 nitrogen and oxygen atoms in total. The first kappa shape index (κ1) is 12.3. The van der Waals surface area contributed by atoms with Crippen LogP contribution >= 0.6 is 22.7 Å². The highest BCUT2D eigenvalue weighted by atomic mass is 32.2. The fourth-order valence-electron chi connectivity index (χ4n) is 1.28. The van der Waals surface area contributed by atoms with E-state index in [9.17, 15) is 9.00 Å². The Hall–Kier alpha value is -1.12. The number of nitrogens with two attached hydrogens (primary N) is 1. The molecule has 0 saturated heterocycles. The van der Waals surface area contributed by atoms with Gasteiger partial charge in [0.15, 0.2) is 0 Å². The van der Waals surface area contributed by atoms with Gasteiger partial charge in [-0.3, -0.25) is 9.00 Å². The van der Waals surface area contributed by atoms with E-state index in [0.717, 1.165) is 0 Å². The Balaban J connectivity index is 2.32. The van der Waals surface area contributed by atoms with Crippen LogP contribution < -0.4 is 5.73 Å². The Labute approximate surface area is 108 Å². The molecular formula is C9H9N3O2S3. The number of rotatable bonds is 5. The summed E-state index contributed by atoms with van der Waals surface area (Å²) < 4.78 is 12.1. The summed E-state index contributed by atoms with van der Waals surface area (Å²) in [4.78, 5) is 19.1. The number of nitrogens with zero attached hydrogens (tertiary/aromatic N) is 2. The lowest BCUT2D eigenvalue weighted by Crippen LogP contribution is -2.23. The average Bonchev–Trinajstić information content (AvgIpc) is 2.88. The SMILES string of the molecule is NC(=O)CS(=O)C(c1nccs1)c1nccs1. The van der Waals surface area contributed by atoms with E-state index in [-0.39, 0.29) is 5.75 Å². The van der Waals surface area contributed by atoms with Gasteiger partial charge in [0.2, 0.25) is 5.91 Å². The van der Waals surface area contributed by atoms with Crippen molar-refractivity contribution in [2.24, 2.45) is 5.73 Å². The van der Waals surface area contributed by atoms with E-state index in [1.54, 1.807) is 23.2 Å². The Bertz CT molecular complexity index is 475. The molecule has 0 bridgehead atoms. The minimum absolute atomic E-state index is 0.177. The number of carbonyl (C=O) groups excluding carboxylic acids is 1. The molecule has 2 rings (SSSR count). The number of thiazole rings is 2. The van der Waals surface area contributed by atoms with Crippen LogP contribution in [0.3, 0.4) is 0 Å². The van der Waals surface area contributed by atoms with Crippen molar-refractivity contribution in [3.63, 3.8) is 0 Å². The molecule has 0 fully saturated rings. The summed E-state index contributed by atoms with van der Waals surface area (Å²) in [6, 6.07) is 0. The molecule has 0 aromatic carbocycles. The van der Waals surface area contributed by atoms with Crippen LogP contribution in [0, 0.1) is 0 Å².